The predicted octanol–water partition coefficient (Wildman–Crippen LogP) is 2.40. The third-order valence-corrected chi connectivity index (χ3v) is 5.03. The minimum atomic E-state index is -3.50. The summed E-state index contributed by atoms with van der Waals surface area (Å²) in [4.78, 5) is 11.6. The second-order valence-electron chi connectivity index (χ2n) is 6.39. The van der Waals surface area contributed by atoms with Crippen molar-refractivity contribution in [2.24, 2.45) is 5.92 Å². The number of amides is 1. The fourth-order valence-electron chi connectivity index (χ4n) is 2.07. The van der Waals surface area contributed by atoms with Crippen LogP contribution in [0.4, 0.5) is 5.69 Å². The smallest absolute Gasteiger partial charge is 0.236 e. The topological polar surface area (TPSA) is 75.7 Å². The predicted molar refractivity (Wildman–Crippen MR) is 96.9 cm³/mol. The highest BCUT2D eigenvalue weighted by Gasteiger charge is 2.18. The van der Waals surface area contributed by atoms with Crippen LogP contribution in [-0.4, -0.2) is 39.8 Å². The van der Waals surface area contributed by atoms with Gasteiger partial charge in [0.05, 0.1) is 17.5 Å². The first-order valence-electron chi connectivity index (χ1n) is 8.12. The summed E-state index contributed by atoms with van der Waals surface area (Å²) in [5.74, 6) is 0.673. The molecule has 1 aromatic carbocycles. The van der Waals surface area contributed by atoms with Crippen LogP contribution in [0.3, 0.4) is 0 Å². The molecule has 0 radical (unpaired) electrons. The zero-order chi connectivity index (χ0) is 18.3. The molecule has 0 saturated heterocycles. The van der Waals surface area contributed by atoms with Crippen LogP contribution in [0.15, 0.2) is 24.3 Å². The Balaban J connectivity index is 2.61. The molecule has 0 saturated carbocycles. The fourth-order valence-corrected chi connectivity index (χ4v) is 3.14. The molecule has 1 aromatic rings. The molecule has 0 spiro atoms. The highest BCUT2D eigenvalue weighted by atomic mass is 32.2. The Morgan fingerprint density at radius 1 is 1.17 bits per heavy atom. The molecule has 0 aliphatic carbocycles. The zero-order valence-electron chi connectivity index (χ0n) is 15.1. The van der Waals surface area contributed by atoms with Crippen LogP contribution in [-0.2, 0) is 14.8 Å². The van der Waals surface area contributed by atoms with Gasteiger partial charge in [0.25, 0.3) is 0 Å². The molecule has 136 valence electrons. The molecule has 24 heavy (non-hydrogen) atoms. The van der Waals surface area contributed by atoms with Crippen molar-refractivity contribution in [1.29, 1.82) is 0 Å². The van der Waals surface area contributed by atoms with Gasteiger partial charge in [-0.3, -0.25) is 9.10 Å². The lowest BCUT2D eigenvalue weighted by Crippen LogP contribution is -2.36. The van der Waals surface area contributed by atoms with Crippen molar-refractivity contribution in [3.05, 3.63) is 24.3 Å². The Labute approximate surface area is 145 Å². The lowest BCUT2D eigenvalue weighted by Gasteiger charge is -2.20. The molecular weight excluding hydrogens is 328 g/mol. The maximum absolute atomic E-state index is 12.3. The van der Waals surface area contributed by atoms with Gasteiger partial charge < -0.3 is 10.1 Å². The summed E-state index contributed by atoms with van der Waals surface area (Å²) in [7, 11) is -1.99. The van der Waals surface area contributed by atoms with Gasteiger partial charge in [-0.25, -0.2) is 8.42 Å². The minimum absolute atomic E-state index is 0.0618. The number of nitrogens with zero attached hydrogens (tertiary/aromatic N) is 1. The number of rotatable bonds is 9. The molecule has 0 aromatic heterocycles. The van der Waals surface area contributed by atoms with E-state index in [1.54, 1.807) is 24.3 Å². The van der Waals surface area contributed by atoms with Gasteiger partial charge in [-0.1, -0.05) is 13.8 Å². The van der Waals surface area contributed by atoms with Crippen LogP contribution in [0.2, 0.25) is 0 Å². The van der Waals surface area contributed by atoms with E-state index in [1.807, 2.05) is 27.7 Å². The van der Waals surface area contributed by atoms with Crippen LogP contribution >= 0.6 is 0 Å². The first-order valence-corrected chi connectivity index (χ1v) is 9.72. The Morgan fingerprint density at radius 2 is 1.75 bits per heavy atom. The van der Waals surface area contributed by atoms with Gasteiger partial charge in [-0.05, 0) is 44.0 Å². The summed E-state index contributed by atoms with van der Waals surface area (Å²) < 4.78 is 31.4. The number of carbonyl (C=O) groups is 1. The minimum Gasteiger partial charge on any atom is -0.491 e. The summed E-state index contributed by atoms with van der Waals surface area (Å²) in [6.45, 7) is 7.84. The molecule has 6 nitrogen and oxygen atoms in total. The van der Waals surface area contributed by atoms with Crippen LogP contribution in [0.25, 0.3) is 0 Å². The highest BCUT2D eigenvalue weighted by Crippen LogP contribution is 2.21. The summed E-state index contributed by atoms with van der Waals surface area (Å²) in [5, 5.41) is 2.64. The third kappa shape index (κ3) is 6.78. The number of carbonyl (C=O) groups excluding carboxylic acids is 1. The van der Waals surface area contributed by atoms with E-state index in [0.29, 0.717) is 17.9 Å². The third-order valence-electron chi connectivity index (χ3n) is 3.27. The second kappa shape index (κ2) is 8.92. The number of ether oxygens (including phenoxy) is 1. The van der Waals surface area contributed by atoms with Gasteiger partial charge in [0.2, 0.25) is 15.9 Å². The molecule has 0 heterocycles. The van der Waals surface area contributed by atoms with Crippen LogP contribution in [0, 0.1) is 5.92 Å². The second-order valence-corrected chi connectivity index (χ2v) is 8.51. The highest BCUT2D eigenvalue weighted by molar-refractivity contribution is 7.92. The van der Waals surface area contributed by atoms with E-state index >= 15 is 0 Å². The van der Waals surface area contributed by atoms with E-state index in [4.69, 9.17) is 4.74 Å². The molecule has 0 bridgehead atoms. The number of hydrogen-bond donors (Lipinski definition) is 1. The number of sulfonamides is 1. The molecule has 0 unspecified atom stereocenters. The largest absolute Gasteiger partial charge is 0.491 e. The first kappa shape index (κ1) is 20.3. The lowest BCUT2D eigenvalue weighted by atomic mass is 10.1. The SMILES string of the molecule is CC(C)CC(=O)NCCS(=O)(=O)N(C)c1ccc(OC(C)C)cc1. The molecule has 7 heteroatoms. The van der Waals surface area contributed by atoms with E-state index < -0.39 is 10.0 Å². The van der Waals surface area contributed by atoms with Crippen molar-refractivity contribution in [2.45, 2.75) is 40.2 Å². The van der Waals surface area contributed by atoms with Gasteiger partial charge in [0.15, 0.2) is 0 Å². The van der Waals surface area contributed by atoms with Crippen molar-refractivity contribution in [2.75, 3.05) is 23.7 Å². The maximum atomic E-state index is 12.3. The van der Waals surface area contributed by atoms with Crippen molar-refractivity contribution in [3.63, 3.8) is 0 Å². The van der Waals surface area contributed by atoms with E-state index in [1.165, 1.54) is 11.4 Å². The molecule has 1 amide bonds. The average Bonchev–Trinajstić information content (AvgIpc) is 2.45. The van der Waals surface area contributed by atoms with Gasteiger partial charge in [0, 0.05) is 20.0 Å². The summed E-state index contributed by atoms with van der Waals surface area (Å²) in [6, 6.07) is 6.89. The number of benzene rings is 1. The quantitative estimate of drug-likeness (QED) is 0.737. The molecule has 1 rings (SSSR count). The van der Waals surface area contributed by atoms with Crippen molar-refractivity contribution in [1.82, 2.24) is 5.32 Å². The molecule has 0 aliphatic rings. The standard InChI is InChI=1S/C17H28N2O4S/c1-13(2)12-17(20)18-10-11-24(21,22)19(5)15-6-8-16(9-7-15)23-14(3)4/h6-9,13-14H,10-12H2,1-5H3,(H,18,20). The molecule has 0 atom stereocenters. The lowest BCUT2D eigenvalue weighted by molar-refractivity contribution is -0.121. The number of anilines is 1. The molecule has 0 aliphatic heterocycles. The number of hydrogen-bond acceptors (Lipinski definition) is 4. The zero-order valence-corrected chi connectivity index (χ0v) is 15.9. The van der Waals surface area contributed by atoms with Crippen LogP contribution in [0.5, 0.6) is 5.75 Å². The van der Waals surface area contributed by atoms with E-state index in [0.717, 1.165) is 0 Å². The van der Waals surface area contributed by atoms with Gasteiger partial charge in [-0.2, -0.15) is 0 Å². The van der Waals surface area contributed by atoms with E-state index in [9.17, 15) is 13.2 Å². The van der Waals surface area contributed by atoms with Gasteiger partial charge in [-0.15, -0.1) is 0 Å². The van der Waals surface area contributed by atoms with Gasteiger partial charge in [0.1, 0.15) is 5.75 Å². The summed E-state index contributed by atoms with van der Waals surface area (Å²) >= 11 is 0. The fraction of sp³-hybridized carbons (Fsp3) is 0.588. The monoisotopic (exact) mass is 356 g/mol. The van der Waals surface area contributed by atoms with Crippen LogP contribution < -0.4 is 14.4 Å². The Kier molecular flexibility index (Phi) is 7.54. The Bertz CT molecular complexity index is 624. The number of nitrogens with one attached hydrogen (secondary N) is 1. The Morgan fingerprint density at radius 3 is 2.25 bits per heavy atom. The van der Waals surface area contributed by atoms with E-state index in [-0.39, 0.29) is 30.2 Å². The molecule has 0 fully saturated rings. The maximum Gasteiger partial charge on any atom is 0.236 e. The normalized spacial score (nSPS) is 11.6. The average molecular weight is 356 g/mol. The van der Waals surface area contributed by atoms with Crippen LogP contribution in [0.1, 0.15) is 34.1 Å². The molecule has 1 N–H and O–H groups in total. The first-order chi connectivity index (χ1) is 11.1. The van der Waals surface area contributed by atoms with Gasteiger partial charge >= 0.3 is 0 Å². The summed E-state index contributed by atoms with van der Waals surface area (Å²) in [5.41, 5.74) is 0.555. The summed E-state index contributed by atoms with van der Waals surface area (Å²) in [6.07, 6.45) is 0.458. The van der Waals surface area contributed by atoms with Crippen molar-refractivity contribution in [3.8, 4) is 5.75 Å². The van der Waals surface area contributed by atoms with Crippen molar-refractivity contribution >= 4 is 21.6 Å². The Hall–Kier alpha value is -1.76. The van der Waals surface area contributed by atoms with Crippen molar-refractivity contribution < 1.29 is 17.9 Å². The molecular formula is C17H28N2O4S. The van der Waals surface area contributed by atoms with E-state index in [2.05, 4.69) is 5.32 Å².